The van der Waals surface area contributed by atoms with E-state index in [0.29, 0.717) is 0 Å². The van der Waals surface area contributed by atoms with Gasteiger partial charge < -0.3 is 14.0 Å². The smallest absolute Gasteiger partial charge is 0.338 e. The Morgan fingerprint density at radius 3 is 2.41 bits per heavy atom. The normalized spacial score (nSPS) is 16.2. The summed E-state index contributed by atoms with van der Waals surface area (Å²) in [5.74, 6) is -2.34. The van der Waals surface area contributed by atoms with Crippen LogP contribution in [-0.4, -0.2) is 31.3 Å². The van der Waals surface area contributed by atoms with Crippen molar-refractivity contribution < 1.29 is 31.6 Å². The van der Waals surface area contributed by atoms with E-state index < -0.39 is 39.9 Å². The lowest BCUT2D eigenvalue weighted by molar-refractivity contribution is 0.0223. The first kappa shape index (κ1) is 21.3. The van der Waals surface area contributed by atoms with Gasteiger partial charge in [0.1, 0.15) is 12.2 Å². The lowest BCUT2D eigenvalue weighted by atomic mass is 9.79. The molecule has 6 nitrogen and oxygen atoms in total. The van der Waals surface area contributed by atoms with Gasteiger partial charge >= 0.3 is 5.97 Å². The van der Waals surface area contributed by atoms with E-state index in [4.69, 9.17) is 9.47 Å². The summed E-state index contributed by atoms with van der Waals surface area (Å²) in [7, 11) is -4.49. The molecule has 29 heavy (non-hydrogen) atoms. The molecule has 8 heteroatoms. The summed E-state index contributed by atoms with van der Waals surface area (Å²) in [6.45, 7) is -0.563. The second-order valence-corrected chi connectivity index (χ2v) is 8.59. The molecule has 0 N–H and O–H groups in total. The molecule has 3 rings (SSSR count). The molecule has 0 aromatic heterocycles. The lowest BCUT2D eigenvalue weighted by Crippen LogP contribution is -2.35. The van der Waals surface area contributed by atoms with Gasteiger partial charge in [-0.2, -0.15) is 0 Å². The highest BCUT2D eigenvalue weighted by Gasteiger charge is 2.37. The van der Waals surface area contributed by atoms with Gasteiger partial charge in [0.2, 0.25) is 0 Å². The summed E-state index contributed by atoms with van der Waals surface area (Å²) in [5.41, 5.74) is 0.288. The fourth-order valence-electron chi connectivity index (χ4n) is 3.55. The Hall–Kier alpha value is -2.45. The van der Waals surface area contributed by atoms with E-state index in [9.17, 15) is 22.2 Å². The Bertz CT molecular complexity index is 952. The number of benzene rings is 2. The van der Waals surface area contributed by atoms with Crippen LogP contribution in [0.2, 0.25) is 0 Å². The van der Waals surface area contributed by atoms with Crippen LogP contribution in [0.4, 0.5) is 4.39 Å². The summed E-state index contributed by atoms with van der Waals surface area (Å²) in [6.07, 6.45) is 4.43. The van der Waals surface area contributed by atoms with E-state index in [2.05, 4.69) is 0 Å². The zero-order chi connectivity index (χ0) is 20.9. The Kier molecular flexibility index (Phi) is 6.54. The summed E-state index contributed by atoms with van der Waals surface area (Å²) >= 11 is 0. The molecule has 0 unspecified atom stereocenters. The molecule has 0 heterocycles. The van der Waals surface area contributed by atoms with Crippen molar-refractivity contribution in [1.82, 2.24) is 0 Å². The first-order valence-corrected chi connectivity index (χ1v) is 11.0. The van der Waals surface area contributed by atoms with E-state index in [1.54, 1.807) is 0 Å². The SMILES string of the molecule is O=C(OCCS(=O)(=O)[O-])c1ccc(F)c(OC2(c3ccccc3)CCCCC2)c1. The maximum absolute atomic E-state index is 14.5. The van der Waals surface area contributed by atoms with E-state index >= 15 is 0 Å². The molecule has 0 aliphatic heterocycles. The number of hydrogen-bond acceptors (Lipinski definition) is 6. The van der Waals surface area contributed by atoms with Crippen LogP contribution in [0.5, 0.6) is 5.75 Å². The fourth-order valence-corrected chi connectivity index (χ4v) is 3.84. The van der Waals surface area contributed by atoms with Crippen molar-refractivity contribution in [3.8, 4) is 5.75 Å². The van der Waals surface area contributed by atoms with Crippen LogP contribution in [0.25, 0.3) is 0 Å². The van der Waals surface area contributed by atoms with Crippen molar-refractivity contribution in [3.05, 3.63) is 65.5 Å². The van der Waals surface area contributed by atoms with E-state index in [0.717, 1.165) is 43.7 Å². The minimum Gasteiger partial charge on any atom is -0.748 e. The Morgan fingerprint density at radius 2 is 1.76 bits per heavy atom. The van der Waals surface area contributed by atoms with Crippen LogP contribution >= 0.6 is 0 Å². The van der Waals surface area contributed by atoms with Gasteiger partial charge in [-0.1, -0.05) is 36.8 Å². The van der Waals surface area contributed by atoms with E-state index in [1.165, 1.54) is 12.1 Å². The Morgan fingerprint density at radius 1 is 1.07 bits per heavy atom. The van der Waals surface area contributed by atoms with Crippen LogP contribution < -0.4 is 4.74 Å². The highest BCUT2D eigenvalue weighted by Crippen LogP contribution is 2.41. The molecule has 0 amide bonds. The van der Waals surface area contributed by atoms with Crippen molar-refractivity contribution in [1.29, 1.82) is 0 Å². The third kappa shape index (κ3) is 5.55. The second kappa shape index (κ2) is 8.92. The zero-order valence-electron chi connectivity index (χ0n) is 15.8. The topological polar surface area (TPSA) is 92.7 Å². The minimum atomic E-state index is -4.49. The number of halogens is 1. The van der Waals surface area contributed by atoms with Gasteiger partial charge in [-0.15, -0.1) is 0 Å². The predicted molar refractivity (Wildman–Crippen MR) is 103 cm³/mol. The molecular weight excluding hydrogens is 399 g/mol. The monoisotopic (exact) mass is 421 g/mol. The number of carbonyl (C=O) groups excluding carboxylic acids is 1. The van der Waals surface area contributed by atoms with Crippen molar-refractivity contribution in [2.24, 2.45) is 0 Å². The molecule has 2 aromatic carbocycles. The van der Waals surface area contributed by atoms with E-state index in [1.807, 2.05) is 30.3 Å². The van der Waals surface area contributed by atoms with Gasteiger partial charge in [-0.05, 0) is 49.4 Å². The van der Waals surface area contributed by atoms with Gasteiger partial charge in [0.25, 0.3) is 0 Å². The molecule has 1 aliphatic rings. The minimum absolute atomic E-state index is 0.0173. The second-order valence-electron chi connectivity index (χ2n) is 7.07. The molecule has 156 valence electrons. The number of rotatable bonds is 7. The van der Waals surface area contributed by atoms with Gasteiger partial charge in [0.05, 0.1) is 21.4 Å². The number of carbonyl (C=O) groups is 1. The van der Waals surface area contributed by atoms with Crippen LogP contribution in [0.15, 0.2) is 48.5 Å². The maximum Gasteiger partial charge on any atom is 0.338 e. The number of hydrogen-bond donors (Lipinski definition) is 0. The molecule has 0 saturated heterocycles. The quantitative estimate of drug-likeness (QED) is 0.499. The molecule has 1 saturated carbocycles. The van der Waals surface area contributed by atoms with Crippen molar-refractivity contribution in [2.75, 3.05) is 12.4 Å². The third-order valence-corrected chi connectivity index (χ3v) is 5.67. The van der Waals surface area contributed by atoms with Gasteiger partial charge in [-0.3, -0.25) is 0 Å². The van der Waals surface area contributed by atoms with Crippen LogP contribution in [0.1, 0.15) is 48.0 Å². The number of esters is 1. The Balaban J connectivity index is 1.82. The predicted octanol–water partition coefficient (Wildman–Crippen LogP) is 3.77. The molecule has 1 fully saturated rings. The standard InChI is InChI=1S/C21H23FO6S/c22-18-10-9-16(20(23)27-13-14-29(24,25)26)15-19(18)28-21(11-5-2-6-12-21)17-7-3-1-4-8-17/h1,3-4,7-10,15H,2,5-6,11-14H2,(H,24,25,26)/p-1. The summed E-state index contributed by atoms with van der Waals surface area (Å²) in [4.78, 5) is 12.1. The molecule has 0 atom stereocenters. The van der Waals surface area contributed by atoms with Crippen molar-refractivity contribution in [3.63, 3.8) is 0 Å². The van der Waals surface area contributed by atoms with Crippen molar-refractivity contribution >= 4 is 16.1 Å². The highest BCUT2D eigenvalue weighted by atomic mass is 32.2. The summed E-state index contributed by atoms with van der Waals surface area (Å²) < 4.78 is 57.3. The molecule has 0 radical (unpaired) electrons. The average molecular weight is 421 g/mol. The average Bonchev–Trinajstić information content (AvgIpc) is 2.70. The zero-order valence-corrected chi connectivity index (χ0v) is 16.6. The first-order chi connectivity index (χ1) is 13.8. The van der Waals surface area contributed by atoms with Crippen LogP contribution in [0.3, 0.4) is 0 Å². The van der Waals surface area contributed by atoms with Crippen LogP contribution in [0, 0.1) is 5.82 Å². The summed E-state index contributed by atoms with van der Waals surface area (Å²) in [6, 6.07) is 13.2. The van der Waals surface area contributed by atoms with Gasteiger partial charge in [0, 0.05) is 0 Å². The molecule has 0 spiro atoms. The molecule has 1 aliphatic carbocycles. The Labute approximate surface area is 169 Å². The largest absolute Gasteiger partial charge is 0.748 e. The summed E-state index contributed by atoms with van der Waals surface area (Å²) in [5, 5.41) is 0. The molecule has 0 bridgehead atoms. The van der Waals surface area contributed by atoms with Crippen molar-refractivity contribution in [2.45, 2.75) is 37.7 Å². The first-order valence-electron chi connectivity index (χ1n) is 9.44. The van der Waals surface area contributed by atoms with Crippen LogP contribution in [-0.2, 0) is 20.5 Å². The number of ether oxygens (including phenoxy) is 2. The third-order valence-electron chi connectivity index (χ3n) is 5.00. The lowest BCUT2D eigenvalue weighted by Gasteiger charge is -2.38. The van der Waals surface area contributed by atoms with E-state index in [-0.39, 0.29) is 11.3 Å². The van der Waals surface area contributed by atoms with Gasteiger partial charge in [-0.25, -0.2) is 17.6 Å². The fraction of sp³-hybridized carbons (Fsp3) is 0.381. The van der Waals surface area contributed by atoms with Gasteiger partial charge in [0.15, 0.2) is 11.6 Å². The molecule has 2 aromatic rings. The molecular formula is C21H22FO6S-. The maximum atomic E-state index is 14.5. The highest BCUT2D eigenvalue weighted by molar-refractivity contribution is 7.85.